The second-order valence-electron chi connectivity index (χ2n) is 7.07. The second-order valence-corrected chi connectivity index (χ2v) is 9.01. The number of carbonyl (C=O) groups is 2. The van der Waals surface area contributed by atoms with Gasteiger partial charge in [-0.15, -0.1) is 0 Å². The summed E-state index contributed by atoms with van der Waals surface area (Å²) in [4.78, 5) is 23.7. The number of cyclic esters (lactones) is 1. The quantitative estimate of drug-likeness (QED) is 0.685. The van der Waals surface area contributed by atoms with E-state index in [0.29, 0.717) is 25.9 Å². The van der Waals surface area contributed by atoms with Crippen LogP contribution in [0, 0.1) is 0 Å². The van der Waals surface area contributed by atoms with Gasteiger partial charge in [0.05, 0.1) is 4.90 Å². The molecule has 7 nitrogen and oxygen atoms in total. The minimum Gasteiger partial charge on any atom is -0.460 e. The highest BCUT2D eigenvalue weighted by Crippen LogP contribution is 2.22. The first-order valence-electron chi connectivity index (χ1n) is 9.35. The molecule has 2 fully saturated rings. The predicted octanol–water partition coefficient (Wildman–Crippen LogP) is 2.04. The number of piperidine rings is 1. The molecule has 0 unspecified atom stereocenters. The van der Waals surface area contributed by atoms with E-state index >= 15 is 0 Å². The lowest BCUT2D eigenvalue weighted by Crippen LogP contribution is -2.35. The topological polar surface area (TPSA) is 90.0 Å². The molecule has 0 aromatic heterocycles. The average Bonchev–Trinajstić information content (AvgIpc) is 2.98. The average molecular weight is 395 g/mol. The summed E-state index contributed by atoms with van der Waals surface area (Å²) < 4.78 is 36.9. The number of carbonyl (C=O) groups excluding carboxylic acids is 2. The molecule has 8 heteroatoms. The molecule has 2 aliphatic heterocycles. The minimum absolute atomic E-state index is 0.121. The Kier molecular flexibility index (Phi) is 6.16. The van der Waals surface area contributed by atoms with Crippen molar-refractivity contribution in [2.75, 3.05) is 13.1 Å². The molecule has 1 aromatic rings. The highest BCUT2D eigenvalue weighted by Gasteiger charge is 2.34. The Balaban J connectivity index is 1.53. The molecule has 0 saturated carbocycles. The fourth-order valence-electron chi connectivity index (χ4n) is 3.36. The van der Waals surface area contributed by atoms with Crippen LogP contribution in [0.1, 0.15) is 44.6 Å². The fourth-order valence-corrected chi connectivity index (χ4v) is 4.88. The van der Waals surface area contributed by atoms with Crippen molar-refractivity contribution in [1.82, 2.24) is 4.31 Å². The molecular formula is C19H25NO6S. The third-order valence-electron chi connectivity index (χ3n) is 4.89. The van der Waals surface area contributed by atoms with Crippen LogP contribution in [0.5, 0.6) is 0 Å². The van der Waals surface area contributed by atoms with Crippen molar-refractivity contribution in [1.29, 1.82) is 0 Å². The molecule has 0 amide bonds. The van der Waals surface area contributed by atoms with E-state index < -0.39 is 28.1 Å². The number of hydrogen-bond acceptors (Lipinski definition) is 6. The second kappa shape index (κ2) is 8.39. The summed E-state index contributed by atoms with van der Waals surface area (Å²) in [6.45, 7) is 2.89. The van der Waals surface area contributed by atoms with E-state index in [1.165, 1.54) is 4.31 Å². The Morgan fingerprint density at radius 1 is 1.19 bits per heavy atom. The number of esters is 2. The zero-order valence-electron chi connectivity index (χ0n) is 15.4. The minimum atomic E-state index is -3.45. The van der Waals surface area contributed by atoms with Gasteiger partial charge in [-0.2, -0.15) is 4.31 Å². The largest absolute Gasteiger partial charge is 0.460 e. The maximum Gasteiger partial charge on any atom is 0.347 e. The molecule has 2 heterocycles. The van der Waals surface area contributed by atoms with Crippen LogP contribution < -0.4 is 0 Å². The Hall–Kier alpha value is -1.93. The van der Waals surface area contributed by atoms with Crippen LogP contribution in [0.15, 0.2) is 29.2 Å². The third kappa shape index (κ3) is 4.87. The Morgan fingerprint density at radius 2 is 1.85 bits per heavy atom. The van der Waals surface area contributed by atoms with Gasteiger partial charge in [-0.25, -0.2) is 13.2 Å². The Bertz CT molecular complexity index is 783. The van der Waals surface area contributed by atoms with Gasteiger partial charge in [0.15, 0.2) is 0 Å². The van der Waals surface area contributed by atoms with Crippen LogP contribution in [-0.4, -0.2) is 50.0 Å². The molecule has 1 aromatic carbocycles. The van der Waals surface area contributed by atoms with E-state index in [1.54, 1.807) is 31.2 Å². The third-order valence-corrected chi connectivity index (χ3v) is 6.81. The molecule has 0 spiro atoms. The van der Waals surface area contributed by atoms with E-state index in [2.05, 4.69) is 0 Å². The van der Waals surface area contributed by atoms with Gasteiger partial charge in [-0.1, -0.05) is 18.6 Å². The summed E-state index contributed by atoms with van der Waals surface area (Å²) >= 11 is 0. The molecule has 27 heavy (non-hydrogen) atoms. The maximum absolute atomic E-state index is 12.6. The van der Waals surface area contributed by atoms with Gasteiger partial charge < -0.3 is 9.47 Å². The van der Waals surface area contributed by atoms with E-state index in [-0.39, 0.29) is 17.4 Å². The summed E-state index contributed by atoms with van der Waals surface area (Å²) in [7, 11) is -3.45. The fraction of sp³-hybridized carbons (Fsp3) is 0.579. The first-order valence-corrected chi connectivity index (χ1v) is 10.8. The van der Waals surface area contributed by atoms with Crippen molar-refractivity contribution in [2.24, 2.45) is 0 Å². The zero-order chi connectivity index (χ0) is 19.4. The van der Waals surface area contributed by atoms with Crippen molar-refractivity contribution in [3.05, 3.63) is 29.8 Å². The SMILES string of the molecule is C[C@@H]1C[C@@H](OC(=O)CCc2ccc(S(=O)(=O)N3CCCCC3)cc2)C(=O)O1. The number of rotatable bonds is 6. The first-order chi connectivity index (χ1) is 12.9. The lowest BCUT2D eigenvalue weighted by Gasteiger charge is -2.25. The molecule has 0 bridgehead atoms. The summed E-state index contributed by atoms with van der Waals surface area (Å²) in [6, 6.07) is 6.60. The van der Waals surface area contributed by atoms with Crippen molar-refractivity contribution in [3.8, 4) is 0 Å². The number of ether oxygens (including phenoxy) is 2. The van der Waals surface area contributed by atoms with Crippen molar-refractivity contribution in [2.45, 2.75) is 62.6 Å². The molecular weight excluding hydrogens is 370 g/mol. The van der Waals surface area contributed by atoms with E-state index in [4.69, 9.17) is 9.47 Å². The monoisotopic (exact) mass is 395 g/mol. The van der Waals surface area contributed by atoms with Crippen LogP contribution in [0.3, 0.4) is 0 Å². The number of aryl methyl sites for hydroxylation is 1. The number of sulfonamides is 1. The van der Waals surface area contributed by atoms with Crippen LogP contribution in [0.4, 0.5) is 0 Å². The van der Waals surface area contributed by atoms with E-state index in [9.17, 15) is 18.0 Å². The van der Waals surface area contributed by atoms with E-state index in [1.807, 2.05) is 0 Å². The van der Waals surface area contributed by atoms with Gasteiger partial charge in [0, 0.05) is 25.9 Å². The van der Waals surface area contributed by atoms with Gasteiger partial charge in [0.2, 0.25) is 16.1 Å². The zero-order valence-corrected chi connectivity index (χ0v) is 16.2. The van der Waals surface area contributed by atoms with Crippen molar-refractivity contribution in [3.63, 3.8) is 0 Å². The summed E-state index contributed by atoms with van der Waals surface area (Å²) in [6.07, 6.45) is 2.73. The number of benzene rings is 1. The molecule has 0 N–H and O–H groups in total. The lowest BCUT2D eigenvalue weighted by atomic mass is 10.1. The molecule has 0 radical (unpaired) electrons. The van der Waals surface area contributed by atoms with Crippen molar-refractivity contribution >= 4 is 22.0 Å². The standard InChI is InChI=1S/C19H25NO6S/c1-14-13-17(19(22)25-14)26-18(21)10-7-15-5-8-16(9-6-15)27(23,24)20-11-3-2-4-12-20/h5-6,8-9,14,17H,2-4,7,10-13H2,1H3/t14-,17-/m1/s1. The molecule has 3 rings (SSSR count). The smallest absolute Gasteiger partial charge is 0.347 e. The molecule has 0 aliphatic carbocycles. The Morgan fingerprint density at radius 3 is 2.44 bits per heavy atom. The lowest BCUT2D eigenvalue weighted by molar-refractivity contribution is -0.160. The summed E-state index contributed by atoms with van der Waals surface area (Å²) in [5.74, 6) is -0.959. The van der Waals surface area contributed by atoms with Crippen LogP contribution >= 0.6 is 0 Å². The van der Waals surface area contributed by atoms with E-state index in [0.717, 1.165) is 24.8 Å². The van der Waals surface area contributed by atoms with Crippen LogP contribution in [0.25, 0.3) is 0 Å². The summed E-state index contributed by atoms with van der Waals surface area (Å²) in [5.41, 5.74) is 0.840. The summed E-state index contributed by atoms with van der Waals surface area (Å²) in [5, 5.41) is 0. The molecule has 2 saturated heterocycles. The maximum atomic E-state index is 12.6. The first kappa shape index (κ1) is 19.8. The van der Waals surface area contributed by atoms with Crippen LogP contribution in [-0.2, 0) is 35.5 Å². The predicted molar refractivity (Wildman–Crippen MR) is 97.4 cm³/mol. The highest BCUT2D eigenvalue weighted by molar-refractivity contribution is 7.89. The van der Waals surface area contributed by atoms with Crippen LogP contribution in [0.2, 0.25) is 0 Å². The molecule has 2 atom stereocenters. The number of hydrogen-bond donors (Lipinski definition) is 0. The van der Waals surface area contributed by atoms with Gasteiger partial charge in [0.1, 0.15) is 6.10 Å². The van der Waals surface area contributed by atoms with Gasteiger partial charge in [0.25, 0.3) is 0 Å². The molecule has 2 aliphatic rings. The van der Waals surface area contributed by atoms with Crippen molar-refractivity contribution < 1.29 is 27.5 Å². The Labute approximate surface area is 159 Å². The van der Waals surface area contributed by atoms with Gasteiger partial charge >= 0.3 is 11.9 Å². The van der Waals surface area contributed by atoms with Gasteiger partial charge in [-0.3, -0.25) is 4.79 Å². The normalized spacial score (nSPS) is 23.8. The molecule has 148 valence electrons. The van der Waals surface area contributed by atoms with Gasteiger partial charge in [-0.05, 0) is 43.9 Å². The number of nitrogens with zero attached hydrogens (tertiary/aromatic N) is 1. The highest BCUT2D eigenvalue weighted by atomic mass is 32.2.